The molecule has 2 aromatic carbocycles. The molecule has 0 spiro atoms. The molecule has 0 aromatic heterocycles. The number of halogens is 1. The quantitative estimate of drug-likeness (QED) is 0.632. The molecular weight excluding hydrogens is 316 g/mol. The summed E-state index contributed by atoms with van der Waals surface area (Å²) in [5.74, 6) is -0.420. The van der Waals surface area contributed by atoms with Gasteiger partial charge in [0.25, 0.3) is 0 Å². The van der Waals surface area contributed by atoms with E-state index in [2.05, 4.69) is 0 Å². The van der Waals surface area contributed by atoms with Gasteiger partial charge in [0.05, 0.1) is 40.5 Å². The van der Waals surface area contributed by atoms with Crippen LogP contribution in [0.15, 0.2) is 36.4 Å². The number of nitriles is 2. The molecule has 5 nitrogen and oxygen atoms in total. The maximum atomic E-state index is 12.2. The molecule has 0 aliphatic rings. The second kappa shape index (κ2) is 7.31. The Hall–Kier alpha value is -3.02. The first-order valence-electron chi connectivity index (χ1n) is 6.67. The highest BCUT2D eigenvalue weighted by atomic mass is 35.5. The third-order valence-electron chi connectivity index (χ3n) is 2.86. The maximum Gasteiger partial charge on any atom is 0.343 e. The van der Waals surface area contributed by atoms with E-state index in [0.717, 1.165) is 0 Å². The Labute approximate surface area is 138 Å². The summed E-state index contributed by atoms with van der Waals surface area (Å²) in [7, 11) is 0. The largest absolute Gasteiger partial charge is 0.490 e. The Morgan fingerprint density at radius 2 is 1.91 bits per heavy atom. The van der Waals surface area contributed by atoms with Crippen molar-refractivity contribution >= 4 is 17.6 Å². The van der Waals surface area contributed by atoms with E-state index in [0.29, 0.717) is 17.7 Å². The molecule has 0 saturated carbocycles. The number of benzene rings is 2. The van der Waals surface area contributed by atoms with Gasteiger partial charge in [-0.15, -0.1) is 0 Å². The first kappa shape index (κ1) is 16.4. The number of carbonyl (C=O) groups excluding carboxylic acids is 1. The topological polar surface area (TPSA) is 83.1 Å². The molecule has 0 aliphatic heterocycles. The predicted molar refractivity (Wildman–Crippen MR) is 83.5 cm³/mol. The molecule has 6 heteroatoms. The van der Waals surface area contributed by atoms with Crippen LogP contribution in [-0.4, -0.2) is 12.6 Å². The van der Waals surface area contributed by atoms with Crippen molar-refractivity contribution in [3.8, 4) is 23.6 Å². The summed E-state index contributed by atoms with van der Waals surface area (Å²) in [6, 6.07) is 12.8. The van der Waals surface area contributed by atoms with Crippen LogP contribution in [0.1, 0.15) is 28.4 Å². The standard InChI is InChI=1S/C17H11ClN2O3/c1-2-22-15-8-12(10-20)7-14(18)16(15)23-17(21)13-5-3-4-11(6-13)9-19/h3-8H,2H2,1H3. The molecule has 0 N–H and O–H groups in total. The molecule has 23 heavy (non-hydrogen) atoms. The predicted octanol–water partition coefficient (Wildman–Crippen LogP) is 3.70. The van der Waals surface area contributed by atoms with Crippen molar-refractivity contribution in [2.75, 3.05) is 6.61 Å². The van der Waals surface area contributed by atoms with Crippen LogP contribution < -0.4 is 9.47 Å². The summed E-state index contributed by atoms with van der Waals surface area (Å²) >= 11 is 6.08. The summed E-state index contributed by atoms with van der Waals surface area (Å²) in [5.41, 5.74) is 0.854. The smallest absolute Gasteiger partial charge is 0.343 e. The molecule has 0 heterocycles. The number of hydrogen-bond donors (Lipinski definition) is 0. The molecule has 0 fully saturated rings. The van der Waals surface area contributed by atoms with E-state index >= 15 is 0 Å². The SMILES string of the molecule is CCOc1cc(C#N)cc(Cl)c1OC(=O)c1cccc(C#N)c1. The van der Waals surface area contributed by atoms with Crippen molar-refractivity contribution in [1.29, 1.82) is 10.5 Å². The van der Waals surface area contributed by atoms with E-state index in [4.69, 9.17) is 31.6 Å². The summed E-state index contributed by atoms with van der Waals surface area (Å²) < 4.78 is 10.7. The Morgan fingerprint density at radius 1 is 1.17 bits per heavy atom. The third-order valence-corrected chi connectivity index (χ3v) is 3.14. The van der Waals surface area contributed by atoms with E-state index in [9.17, 15) is 4.79 Å². The molecule has 0 radical (unpaired) electrons. The molecule has 0 unspecified atom stereocenters. The van der Waals surface area contributed by atoms with E-state index in [1.807, 2.05) is 12.1 Å². The van der Waals surface area contributed by atoms with Crippen LogP contribution in [0.3, 0.4) is 0 Å². The number of ether oxygens (including phenoxy) is 2. The van der Waals surface area contributed by atoms with Gasteiger partial charge in [0.15, 0.2) is 11.5 Å². The van der Waals surface area contributed by atoms with Crippen molar-refractivity contribution < 1.29 is 14.3 Å². The highest BCUT2D eigenvalue weighted by Crippen LogP contribution is 2.37. The summed E-state index contributed by atoms with van der Waals surface area (Å²) in [4.78, 5) is 12.2. The number of hydrogen-bond acceptors (Lipinski definition) is 5. The van der Waals surface area contributed by atoms with Crippen molar-refractivity contribution in [2.24, 2.45) is 0 Å². The van der Waals surface area contributed by atoms with Crippen molar-refractivity contribution in [1.82, 2.24) is 0 Å². The van der Waals surface area contributed by atoms with Crippen molar-refractivity contribution in [2.45, 2.75) is 6.92 Å². The second-order valence-electron chi connectivity index (χ2n) is 4.41. The normalized spacial score (nSPS) is 9.57. The van der Waals surface area contributed by atoms with Gasteiger partial charge in [0.1, 0.15) is 0 Å². The first-order valence-corrected chi connectivity index (χ1v) is 7.05. The van der Waals surface area contributed by atoms with Gasteiger partial charge in [0.2, 0.25) is 0 Å². The van der Waals surface area contributed by atoms with Crippen LogP contribution in [0, 0.1) is 22.7 Å². The zero-order chi connectivity index (χ0) is 16.8. The fourth-order valence-corrected chi connectivity index (χ4v) is 2.11. The Balaban J connectivity index is 2.37. The lowest BCUT2D eigenvalue weighted by molar-refractivity contribution is 0.0728. The number of rotatable bonds is 4. The van der Waals surface area contributed by atoms with Gasteiger partial charge in [-0.3, -0.25) is 0 Å². The Morgan fingerprint density at radius 3 is 2.57 bits per heavy atom. The number of nitrogens with zero attached hydrogens (tertiary/aromatic N) is 2. The van der Waals surface area contributed by atoms with Gasteiger partial charge in [-0.25, -0.2) is 4.79 Å². The van der Waals surface area contributed by atoms with E-state index in [1.54, 1.807) is 19.1 Å². The Bertz CT molecular complexity index is 835. The lowest BCUT2D eigenvalue weighted by Crippen LogP contribution is -2.10. The lowest BCUT2D eigenvalue weighted by Gasteiger charge is -2.12. The van der Waals surface area contributed by atoms with Crippen LogP contribution in [0.2, 0.25) is 5.02 Å². The minimum Gasteiger partial charge on any atom is -0.490 e. The summed E-state index contributed by atoms with van der Waals surface area (Å²) in [6.45, 7) is 2.08. The molecule has 0 bridgehead atoms. The fourth-order valence-electron chi connectivity index (χ4n) is 1.86. The van der Waals surface area contributed by atoms with E-state index in [1.165, 1.54) is 24.3 Å². The molecule has 0 amide bonds. The molecule has 114 valence electrons. The van der Waals surface area contributed by atoms with E-state index in [-0.39, 0.29) is 22.1 Å². The van der Waals surface area contributed by atoms with Crippen molar-refractivity contribution in [3.05, 3.63) is 58.1 Å². The summed E-state index contributed by atoms with van der Waals surface area (Å²) in [6.07, 6.45) is 0. The fraction of sp³-hybridized carbons (Fsp3) is 0.118. The van der Waals surface area contributed by atoms with Gasteiger partial charge >= 0.3 is 5.97 Å². The minimum atomic E-state index is -0.672. The average molecular weight is 327 g/mol. The Kier molecular flexibility index (Phi) is 5.19. The highest BCUT2D eigenvalue weighted by molar-refractivity contribution is 6.32. The van der Waals surface area contributed by atoms with Gasteiger partial charge in [-0.05, 0) is 31.2 Å². The zero-order valence-corrected chi connectivity index (χ0v) is 12.9. The molecule has 2 aromatic rings. The van der Waals surface area contributed by atoms with Crippen LogP contribution in [0.25, 0.3) is 0 Å². The zero-order valence-electron chi connectivity index (χ0n) is 12.2. The lowest BCUT2D eigenvalue weighted by atomic mass is 10.1. The summed E-state index contributed by atoms with van der Waals surface area (Å²) in [5, 5.41) is 17.9. The number of carbonyl (C=O) groups is 1. The van der Waals surface area contributed by atoms with E-state index < -0.39 is 5.97 Å². The third kappa shape index (κ3) is 3.79. The number of esters is 1. The van der Waals surface area contributed by atoms with Gasteiger partial charge < -0.3 is 9.47 Å². The molecule has 2 rings (SSSR count). The van der Waals surface area contributed by atoms with Gasteiger partial charge in [-0.2, -0.15) is 10.5 Å². The monoisotopic (exact) mass is 326 g/mol. The van der Waals surface area contributed by atoms with Crippen molar-refractivity contribution in [3.63, 3.8) is 0 Å². The van der Waals surface area contributed by atoms with Crippen LogP contribution >= 0.6 is 11.6 Å². The first-order chi connectivity index (χ1) is 11.1. The van der Waals surface area contributed by atoms with Crippen LogP contribution in [0.4, 0.5) is 0 Å². The molecule has 0 aliphatic carbocycles. The van der Waals surface area contributed by atoms with Crippen LogP contribution in [0.5, 0.6) is 11.5 Å². The molecule has 0 saturated heterocycles. The average Bonchev–Trinajstić information content (AvgIpc) is 2.57. The highest BCUT2D eigenvalue weighted by Gasteiger charge is 2.18. The van der Waals surface area contributed by atoms with Gasteiger partial charge in [-0.1, -0.05) is 17.7 Å². The molecule has 0 atom stereocenters. The van der Waals surface area contributed by atoms with Crippen LogP contribution in [-0.2, 0) is 0 Å². The second-order valence-corrected chi connectivity index (χ2v) is 4.82. The molecular formula is C17H11ClN2O3. The maximum absolute atomic E-state index is 12.2. The minimum absolute atomic E-state index is 0.0416. The van der Waals surface area contributed by atoms with Gasteiger partial charge in [0, 0.05) is 6.07 Å².